The number of rotatable bonds is 5. The van der Waals surface area contributed by atoms with Crippen molar-refractivity contribution in [1.82, 2.24) is 10.2 Å². The predicted molar refractivity (Wildman–Crippen MR) is 125 cm³/mol. The molecule has 0 bridgehead atoms. The zero-order valence-corrected chi connectivity index (χ0v) is 18.2. The number of hydrogen-bond donors (Lipinski definition) is 2. The summed E-state index contributed by atoms with van der Waals surface area (Å²) >= 11 is 6.66. The Bertz CT molecular complexity index is 952. The highest BCUT2D eigenvalue weighted by atomic mass is 35.5. The summed E-state index contributed by atoms with van der Waals surface area (Å²) in [6.45, 7) is 5.60. The topological polar surface area (TPSA) is 61.6 Å². The molecule has 2 heterocycles. The predicted octanol–water partition coefficient (Wildman–Crippen LogP) is 4.91. The first-order chi connectivity index (χ1) is 14.6. The molecule has 0 spiro atoms. The Morgan fingerprint density at radius 1 is 1.20 bits per heavy atom. The van der Waals surface area contributed by atoms with Crippen LogP contribution in [0.2, 0.25) is 5.02 Å². The van der Waals surface area contributed by atoms with Crippen molar-refractivity contribution in [2.75, 3.05) is 36.8 Å². The molecule has 4 rings (SSSR count). The third kappa shape index (κ3) is 4.18. The maximum atomic E-state index is 13.2. The molecule has 3 N–H and O–H groups in total. The van der Waals surface area contributed by atoms with Crippen molar-refractivity contribution < 1.29 is 4.79 Å². The van der Waals surface area contributed by atoms with Crippen LogP contribution in [0, 0.1) is 5.92 Å². The van der Waals surface area contributed by atoms with Gasteiger partial charge in [0.2, 0.25) is 0 Å². The zero-order chi connectivity index (χ0) is 21.1. The molecule has 158 valence electrons. The highest BCUT2D eigenvalue weighted by molar-refractivity contribution is 6.34. The molecule has 2 amide bonds. The number of nitrogens with zero attached hydrogens (tertiary/aromatic N) is 2. The lowest BCUT2D eigenvalue weighted by Crippen LogP contribution is -2.47. The van der Waals surface area contributed by atoms with Crippen LogP contribution in [0.25, 0.3) is 11.1 Å². The standard InChI is InChI=1S/C24H29ClN4O/c1-2-20-22(26)8-7-21(23(20)25)18-5-3-6-19(15-18)29-14-4-13-28(24(29)30)16-17-9-11-27-12-10-17/h3-8,14-15,17,27H,2,9-13,16,26H2,1H3. The minimum atomic E-state index is 0.0332. The van der Waals surface area contributed by atoms with Crippen LogP contribution in [0.4, 0.5) is 16.2 Å². The fraction of sp³-hybridized carbons (Fsp3) is 0.375. The second kappa shape index (κ2) is 9.11. The summed E-state index contributed by atoms with van der Waals surface area (Å²) in [7, 11) is 0. The quantitative estimate of drug-likeness (QED) is 0.670. The molecule has 2 aromatic rings. The average molecular weight is 425 g/mol. The van der Waals surface area contributed by atoms with Crippen LogP contribution in [0.5, 0.6) is 0 Å². The van der Waals surface area contributed by atoms with Crippen LogP contribution in [-0.4, -0.2) is 37.1 Å². The molecule has 2 aliphatic heterocycles. The van der Waals surface area contributed by atoms with Crippen molar-refractivity contribution in [3.05, 3.63) is 59.3 Å². The molecule has 2 aliphatic rings. The molecule has 0 aliphatic carbocycles. The average Bonchev–Trinajstić information content (AvgIpc) is 2.76. The van der Waals surface area contributed by atoms with Crippen molar-refractivity contribution >= 4 is 29.0 Å². The molecule has 0 unspecified atom stereocenters. The van der Waals surface area contributed by atoms with Gasteiger partial charge in [0.15, 0.2) is 0 Å². The molecule has 2 aromatic carbocycles. The van der Waals surface area contributed by atoms with Crippen molar-refractivity contribution in [1.29, 1.82) is 0 Å². The molecule has 5 nitrogen and oxygen atoms in total. The Balaban J connectivity index is 1.58. The number of carbonyl (C=O) groups excluding carboxylic acids is 1. The first-order valence-corrected chi connectivity index (χ1v) is 11.1. The van der Waals surface area contributed by atoms with Crippen LogP contribution >= 0.6 is 11.6 Å². The van der Waals surface area contributed by atoms with Gasteiger partial charge >= 0.3 is 6.03 Å². The minimum absolute atomic E-state index is 0.0332. The first-order valence-electron chi connectivity index (χ1n) is 10.7. The lowest BCUT2D eigenvalue weighted by molar-refractivity contribution is 0.192. The van der Waals surface area contributed by atoms with Crippen molar-refractivity contribution in [2.45, 2.75) is 26.2 Å². The summed E-state index contributed by atoms with van der Waals surface area (Å²) in [6, 6.07) is 11.9. The van der Waals surface area contributed by atoms with Crippen LogP contribution in [0.3, 0.4) is 0 Å². The Labute approximate surface area is 183 Å². The fourth-order valence-corrected chi connectivity index (χ4v) is 4.76. The lowest BCUT2D eigenvalue weighted by atomic mass is 9.97. The first kappa shape index (κ1) is 20.8. The molecule has 1 fully saturated rings. The van der Waals surface area contributed by atoms with E-state index < -0.39 is 0 Å². The van der Waals surface area contributed by atoms with E-state index in [0.717, 1.165) is 61.3 Å². The maximum absolute atomic E-state index is 13.2. The van der Waals surface area contributed by atoms with Crippen LogP contribution in [0.15, 0.2) is 48.7 Å². The van der Waals surface area contributed by atoms with E-state index in [4.69, 9.17) is 17.3 Å². The number of anilines is 2. The summed E-state index contributed by atoms with van der Waals surface area (Å²) in [6.07, 6.45) is 6.96. The Hall–Kier alpha value is -2.50. The molecule has 1 saturated heterocycles. The number of carbonyl (C=O) groups is 1. The van der Waals surface area contributed by atoms with Gasteiger partial charge in [0.05, 0.1) is 10.7 Å². The van der Waals surface area contributed by atoms with Gasteiger partial charge in [-0.05, 0) is 73.7 Å². The normalized spacial score (nSPS) is 17.6. The lowest BCUT2D eigenvalue weighted by Gasteiger charge is -2.35. The van der Waals surface area contributed by atoms with Crippen LogP contribution < -0.4 is 16.0 Å². The van der Waals surface area contributed by atoms with E-state index in [9.17, 15) is 4.79 Å². The van der Waals surface area contributed by atoms with Crippen molar-refractivity contribution in [3.8, 4) is 11.1 Å². The largest absolute Gasteiger partial charge is 0.398 e. The van der Waals surface area contributed by atoms with E-state index in [1.165, 1.54) is 0 Å². The molecule has 0 atom stereocenters. The fourth-order valence-electron chi connectivity index (χ4n) is 4.34. The van der Waals surface area contributed by atoms with Gasteiger partial charge in [-0.15, -0.1) is 0 Å². The number of amides is 2. The molecule has 30 heavy (non-hydrogen) atoms. The van der Waals surface area contributed by atoms with Crippen molar-refractivity contribution in [3.63, 3.8) is 0 Å². The second-order valence-electron chi connectivity index (χ2n) is 8.03. The van der Waals surface area contributed by atoms with E-state index >= 15 is 0 Å². The van der Waals surface area contributed by atoms with Gasteiger partial charge in [0.25, 0.3) is 0 Å². The van der Waals surface area contributed by atoms with Gasteiger partial charge in [-0.2, -0.15) is 0 Å². The van der Waals surface area contributed by atoms with Gasteiger partial charge < -0.3 is 16.0 Å². The van der Waals surface area contributed by atoms with E-state index in [2.05, 4.69) is 11.4 Å². The van der Waals surface area contributed by atoms with Gasteiger partial charge in [0.1, 0.15) is 0 Å². The molecule has 0 aromatic heterocycles. The van der Waals surface area contributed by atoms with Gasteiger partial charge in [-0.3, -0.25) is 4.90 Å². The van der Waals surface area contributed by atoms with Gasteiger partial charge in [-0.25, -0.2) is 4.79 Å². The number of nitrogens with one attached hydrogen (secondary N) is 1. The smallest absolute Gasteiger partial charge is 0.328 e. The van der Waals surface area contributed by atoms with E-state index in [-0.39, 0.29) is 6.03 Å². The molecular weight excluding hydrogens is 396 g/mol. The monoisotopic (exact) mass is 424 g/mol. The van der Waals surface area contributed by atoms with Gasteiger partial charge in [0, 0.05) is 30.5 Å². The summed E-state index contributed by atoms with van der Waals surface area (Å²) in [4.78, 5) is 16.9. The van der Waals surface area contributed by atoms with Crippen molar-refractivity contribution in [2.24, 2.45) is 5.92 Å². The number of benzene rings is 2. The zero-order valence-electron chi connectivity index (χ0n) is 17.4. The summed E-state index contributed by atoms with van der Waals surface area (Å²) in [5.41, 5.74) is 10.5. The SMILES string of the molecule is CCc1c(N)ccc(-c2cccc(N3C=CCN(CC4CCNCC4)C3=O)c2)c1Cl. The van der Waals surface area contributed by atoms with E-state index in [1.807, 2.05) is 54.4 Å². The number of halogens is 1. The number of nitrogen functional groups attached to an aromatic ring is 1. The summed E-state index contributed by atoms with van der Waals surface area (Å²) in [5.74, 6) is 0.566. The number of hydrogen-bond acceptors (Lipinski definition) is 3. The summed E-state index contributed by atoms with van der Waals surface area (Å²) < 4.78 is 0. The summed E-state index contributed by atoms with van der Waals surface area (Å²) in [5, 5.41) is 4.07. The van der Waals surface area contributed by atoms with E-state index in [0.29, 0.717) is 23.2 Å². The third-order valence-corrected chi connectivity index (χ3v) is 6.49. The molecule has 0 saturated carbocycles. The molecular formula is C24H29ClN4O. The van der Waals surface area contributed by atoms with Gasteiger partial charge in [-0.1, -0.05) is 36.7 Å². The van der Waals surface area contributed by atoms with E-state index in [1.54, 1.807) is 4.90 Å². The molecule has 0 radical (unpaired) electrons. The Morgan fingerprint density at radius 2 is 2.00 bits per heavy atom. The van der Waals surface area contributed by atoms with Crippen LogP contribution in [-0.2, 0) is 6.42 Å². The number of urea groups is 1. The maximum Gasteiger partial charge on any atom is 0.328 e. The minimum Gasteiger partial charge on any atom is -0.398 e. The Kier molecular flexibility index (Phi) is 6.30. The second-order valence-corrected chi connectivity index (χ2v) is 8.41. The molecule has 6 heteroatoms. The highest BCUT2D eigenvalue weighted by Gasteiger charge is 2.27. The van der Waals surface area contributed by atoms with Crippen LogP contribution in [0.1, 0.15) is 25.3 Å². The third-order valence-electron chi connectivity index (χ3n) is 6.06. The number of piperidine rings is 1. The number of nitrogens with two attached hydrogens (primary N) is 1. The Morgan fingerprint density at radius 3 is 2.77 bits per heavy atom. The highest BCUT2D eigenvalue weighted by Crippen LogP contribution is 2.36.